The van der Waals surface area contributed by atoms with Crippen LogP contribution in [0.3, 0.4) is 0 Å². The molecule has 0 radical (unpaired) electrons. The van der Waals surface area contributed by atoms with Gasteiger partial charge in [0.1, 0.15) is 0 Å². The van der Waals surface area contributed by atoms with Crippen LogP contribution >= 0.6 is 0 Å². The van der Waals surface area contributed by atoms with Crippen molar-refractivity contribution in [2.24, 2.45) is 0 Å². The highest BCUT2D eigenvalue weighted by Crippen LogP contribution is 1.92. The number of carbonyl (C=O) groups is 2. The number of carboxylic acids is 2. The zero-order chi connectivity index (χ0) is 9.78. The maximum atomic E-state index is 10.5. The van der Waals surface area contributed by atoms with Gasteiger partial charge in [0.2, 0.25) is 0 Å². The fourth-order valence-corrected chi connectivity index (χ4v) is 0.999. The first-order valence-corrected chi connectivity index (χ1v) is 4.22. The molecule has 70 valence electrons. The van der Waals surface area contributed by atoms with Crippen molar-refractivity contribution in [2.75, 3.05) is 12.4 Å². The lowest BCUT2D eigenvalue weighted by molar-refractivity contribution is -0.139. The van der Waals surface area contributed by atoms with Crippen LogP contribution in [0, 0.1) is 0 Å². The minimum absolute atomic E-state index is 1.06. The molecule has 0 aromatic rings. The molecule has 0 rings (SSSR count). The molecule has 8 heteroatoms. The van der Waals surface area contributed by atoms with Crippen LogP contribution in [0.2, 0.25) is 0 Å². The van der Waals surface area contributed by atoms with Crippen LogP contribution in [-0.2, 0) is 23.9 Å². The molecule has 12 heavy (non-hydrogen) atoms. The van der Waals surface area contributed by atoms with Gasteiger partial charge in [0.25, 0.3) is 10.1 Å². The third-order valence-corrected chi connectivity index (χ3v) is 1.74. The fourth-order valence-electron chi connectivity index (χ4n) is 0.333. The lowest BCUT2D eigenvalue weighted by Crippen LogP contribution is -2.20. The summed E-state index contributed by atoms with van der Waals surface area (Å²) in [5.41, 5.74) is 0. The molecule has 0 aromatic heterocycles. The highest BCUT2D eigenvalue weighted by atomic mass is 32.2. The van der Waals surface area contributed by atoms with Crippen LogP contribution in [-0.4, -0.2) is 42.9 Å². The average molecular weight is 198 g/mol. The van der Waals surface area contributed by atoms with Gasteiger partial charge in [-0.15, -0.1) is 0 Å². The first-order chi connectivity index (χ1) is 5.33. The maximum absolute atomic E-state index is 10.5. The monoisotopic (exact) mass is 198 g/mol. The standard InChI is InChI=1S/C4H6O7S/c5-3(6)1-11-12(9,10)2-4(7)8/h1-2H2,(H,5,6)(H,7,8). The maximum Gasteiger partial charge on any atom is 0.331 e. The highest BCUT2D eigenvalue weighted by molar-refractivity contribution is 7.87. The van der Waals surface area contributed by atoms with Crippen molar-refractivity contribution in [3.63, 3.8) is 0 Å². The second-order valence-corrected chi connectivity index (χ2v) is 3.39. The summed E-state index contributed by atoms with van der Waals surface area (Å²) in [5, 5.41) is 16.0. The van der Waals surface area contributed by atoms with E-state index in [0.717, 1.165) is 0 Å². The van der Waals surface area contributed by atoms with E-state index in [1.165, 1.54) is 0 Å². The Hall–Kier alpha value is -1.15. The molecule has 0 bridgehead atoms. The highest BCUT2D eigenvalue weighted by Gasteiger charge is 2.17. The molecular weight excluding hydrogens is 192 g/mol. The van der Waals surface area contributed by atoms with E-state index >= 15 is 0 Å². The Bertz CT molecular complexity index is 276. The molecule has 0 atom stereocenters. The molecule has 2 N–H and O–H groups in total. The molecule has 0 saturated carbocycles. The van der Waals surface area contributed by atoms with E-state index in [0.29, 0.717) is 0 Å². The van der Waals surface area contributed by atoms with Crippen molar-refractivity contribution in [3.05, 3.63) is 0 Å². The van der Waals surface area contributed by atoms with Crippen molar-refractivity contribution in [1.82, 2.24) is 0 Å². The van der Waals surface area contributed by atoms with Crippen LogP contribution < -0.4 is 0 Å². The van der Waals surface area contributed by atoms with Gasteiger partial charge >= 0.3 is 11.9 Å². The van der Waals surface area contributed by atoms with Gasteiger partial charge in [0.05, 0.1) is 0 Å². The van der Waals surface area contributed by atoms with Gasteiger partial charge in [-0.1, -0.05) is 0 Å². The first kappa shape index (κ1) is 10.8. The van der Waals surface area contributed by atoms with Crippen molar-refractivity contribution in [3.8, 4) is 0 Å². The fraction of sp³-hybridized carbons (Fsp3) is 0.500. The third kappa shape index (κ3) is 5.62. The Balaban J connectivity index is 4.06. The predicted octanol–water partition coefficient (Wildman–Crippen LogP) is -1.50. The Kier molecular flexibility index (Phi) is 3.64. The summed E-state index contributed by atoms with van der Waals surface area (Å²) in [5.74, 6) is -4.32. The zero-order valence-corrected chi connectivity index (χ0v) is 6.57. The molecule has 0 unspecified atom stereocenters. The minimum atomic E-state index is -4.26. The molecule has 0 spiro atoms. The smallest absolute Gasteiger partial charge is 0.331 e. The third-order valence-electron chi connectivity index (χ3n) is 0.662. The van der Waals surface area contributed by atoms with E-state index in [-0.39, 0.29) is 0 Å². The number of carboxylic acid groups (broad SMARTS) is 2. The zero-order valence-electron chi connectivity index (χ0n) is 5.76. The summed E-state index contributed by atoms with van der Waals surface area (Å²) in [7, 11) is -4.26. The van der Waals surface area contributed by atoms with E-state index in [1.54, 1.807) is 0 Å². The number of rotatable bonds is 5. The number of hydrogen-bond acceptors (Lipinski definition) is 5. The normalized spacial score (nSPS) is 11.0. The Morgan fingerprint density at radius 1 is 1.17 bits per heavy atom. The second kappa shape index (κ2) is 4.02. The molecule has 0 heterocycles. The van der Waals surface area contributed by atoms with Gasteiger partial charge in [-0.2, -0.15) is 8.42 Å². The van der Waals surface area contributed by atoms with Crippen molar-refractivity contribution < 1.29 is 32.4 Å². The average Bonchev–Trinajstić information content (AvgIpc) is 1.81. The summed E-state index contributed by atoms with van der Waals surface area (Å²) >= 11 is 0. The molecular formula is C4H6O7S. The largest absolute Gasteiger partial charge is 0.480 e. The topological polar surface area (TPSA) is 118 Å². The Morgan fingerprint density at radius 3 is 2.00 bits per heavy atom. The number of hydrogen-bond donors (Lipinski definition) is 2. The van der Waals surface area contributed by atoms with Gasteiger partial charge in [-0.25, -0.2) is 4.79 Å². The van der Waals surface area contributed by atoms with Crippen molar-refractivity contribution in [2.45, 2.75) is 0 Å². The summed E-state index contributed by atoms with van der Waals surface area (Å²) in [6.45, 7) is -1.06. The molecule has 0 fully saturated rings. The van der Waals surface area contributed by atoms with Crippen molar-refractivity contribution in [1.29, 1.82) is 0 Å². The van der Waals surface area contributed by atoms with Gasteiger partial charge in [-0.3, -0.25) is 8.98 Å². The summed E-state index contributed by atoms with van der Waals surface area (Å²) in [6.07, 6.45) is 0. The molecule has 0 aliphatic heterocycles. The molecule has 0 saturated heterocycles. The predicted molar refractivity (Wildman–Crippen MR) is 35.0 cm³/mol. The SMILES string of the molecule is O=C(O)COS(=O)(=O)CC(=O)O. The van der Waals surface area contributed by atoms with Crippen LogP contribution in [0.15, 0.2) is 0 Å². The van der Waals surface area contributed by atoms with E-state index in [9.17, 15) is 18.0 Å². The van der Waals surface area contributed by atoms with Crippen LogP contribution in [0.4, 0.5) is 0 Å². The van der Waals surface area contributed by atoms with Crippen molar-refractivity contribution >= 4 is 22.1 Å². The van der Waals surface area contributed by atoms with E-state index in [1.807, 2.05) is 0 Å². The van der Waals surface area contributed by atoms with Gasteiger partial charge in [0, 0.05) is 0 Å². The van der Waals surface area contributed by atoms with Crippen LogP contribution in [0.1, 0.15) is 0 Å². The van der Waals surface area contributed by atoms with E-state index in [4.69, 9.17) is 10.2 Å². The molecule has 0 aliphatic rings. The summed E-state index contributed by atoms with van der Waals surface area (Å²) in [4.78, 5) is 19.6. The summed E-state index contributed by atoms with van der Waals surface area (Å²) in [6, 6.07) is 0. The number of aliphatic carboxylic acids is 2. The van der Waals surface area contributed by atoms with Gasteiger partial charge < -0.3 is 10.2 Å². The lowest BCUT2D eigenvalue weighted by atomic mass is 10.8. The minimum Gasteiger partial charge on any atom is -0.480 e. The van der Waals surface area contributed by atoms with Crippen LogP contribution in [0.5, 0.6) is 0 Å². The van der Waals surface area contributed by atoms with Gasteiger partial charge in [-0.05, 0) is 0 Å². The lowest BCUT2D eigenvalue weighted by Gasteiger charge is -1.98. The van der Waals surface area contributed by atoms with Crippen LogP contribution in [0.25, 0.3) is 0 Å². The quantitative estimate of drug-likeness (QED) is 0.516. The molecule has 0 aromatic carbocycles. The molecule has 7 nitrogen and oxygen atoms in total. The first-order valence-electron chi connectivity index (χ1n) is 2.64. The Labute approximate surface area is 67.7 Å². The van der Waals surface area contributed by atoms with E-state index in [2.05, 4.69) is 4.18 Å². The van der Waals surface area contributed by atoms with Gasteiger partial charge in [0.15, 0.2) is 12.4 Å². The summed E-state index contributed by atoms with van der Waals surface area (Å²) < 4.78 is 24.8. The Morgan fingerprint density at radius 2 is 1.67 bits per heavy atom. The molecule has 0 amide bonds. The second-order valence-electron chi connectivity index (χ2n) is 1.75. The molecule has 0 aliphatic carbocycles. The van der Waals surface area contributed by atoms with E-state index < -0.39 is 34.4 Å².